The van der Waals surface area contributed by atoms with Gasteiger partial charge in [-0.2, -0.15) is 0 Å². The van der Waals surface area contributed by atoms with Crippen molar-refractivity contribution < 1.29 is 9.59 Å². The number of primary amides is 1. The second-order valence-corrected chi connectivity index (χ2v) is 2.96. The van der Waals surface area contributed by atoms with Gasteiger partial charge in [-0.1, -0.05) is 44.2 Å². The smallest absolute Gasteiger partial charge is 0.217 e. The standard InChI is InChI=1S/C9H10O.C3H7NO/c1-2-9(10)8-6-4-3-5-7-8;1-2-3(4)5/h3-7H,2H2,1H3;2H2,1H3,(H2,4,5). The maximum absolute atomic E-state index is 11.0. The molecular formula is C12H17NO2. The maximum Gasteiger partial charge on any atom is 0.217 e. The summed E-state index contributed by atoms with van der Waals surface area (Å²) in [5, 5.41) is 0. The highest BCUT2D eigenvalue weighted by Gasteiger charge is 1.98. The van der Waals surface area contributed by atoms with Gasteiger partial charge in [-0.3, -0.25) is 9.59 Å². The quantitative estimate of drug-likeness (QED) is 0.772. The van der Waals surface area contributed by atoms with E-state index >= 15 is 0 Å². The lowest BCUT2D eigenvalue weighted by Gasteiger charge is -1.93. The largest absolute Gasteiger partial charge is 0.370 e. The molecule has 1 aromatic carbocycles. The lowest BCUT2D eigenvalue weighted by molar-refractivity contribution is -0.117. The Hall–Kier alpha value is -1.64. The van der Waals surface area contributed by atoms with E-state index in [1.165, 1.54) is 0 Å². The van der Waals surface area contributed by atoms with E-state index in [-0.39, 0.29) is 11.7 Å². The Morgan fingerprint density at radius 2 is 1.53 bits per heavy atom. The van der Waals surface area contributed by atoms with Gasteiger partial charge in [0.15, 0.2) is 5.78 Å². The molecule has 0 aliphatic heterocycles. The summed E-state index contributed by atoms with van der Waals surface area (Å²) >= 11 is 0. The third kappa shape index (κ3) is 6.43. The summed E-state index contributed by atoms with van der Waals surface area (Å²) in [6.45, 7) is 3.59. The highest BCUT2D eigenvalue weighted by molar-refractivity contribution is 5.95. The Bertz CT molecular complexity index is 307. The fraction of sp³-hybridized carbons (Fsp3) is 0.333. The monoisotopic (exact) mass is 207 g/mol. The minimum atomic E-state index is -0.245. The molecule has 0 aromatic heterocycles. The van der Waals surface area contributed by atoms with Crippen molar-refractivity contribution in [2.24, 2.45) is 5.73 Å². The van der Waals surface area contributed by atoms with Crippen molar-refractivity contribution in [1.82, 2.24) is 0 Å². The van der Waals surface area contributed by atoms with Crippen molar-refractivity contribution in [3.63, 3.8) is 0 Å². The van der Waals surface area contributed by atoms with Gasteiger partial charge in [-0.25, -0.2) is 0 Å². The van der Waals surface area contributed by atoms with Crippen molar-refractivity contribution in [3.05, 3.63) is 35.9 Å². The zero-order valence-corrected chi connectivity index (χ0v) is 9.19. The van der Waals surface area contributed by atoms with Gasteiger partial charge in [0, 0.05) is 18.4 Å². The van der Waals surface area contributed by atoms with Gasteiger partial charge in [-0.05, 0) is 0 Å². The summed E-state index contributed by atoms with van der Waals surface area (Å²) in [5.41, 5.74) is 5.46. The van der Waals surface area contributed by atoms with Crippen LogP contribution < -0.4 is 5.73 Å². The number of nitrogens with two attached hydrogens (primary N) is 1. The van der Waals surface area contributed by atoms with E-state index in [0.717, 1.165) is 5.56 Å². The van der Waals surface area contributed by atoms with Crippen molar-refractivity contribution in [2.45, 2.75) is 26.7 Å². The molecular weight excluding hydrogens is 190 g/mol. The van der Waals surface area contributed by atoms with Gasteiger partial charge in [0.1, 0.15) is 0 Å². The van der Waals surface area contributed by atoms with Crippen molar-refractivity contribution in [3.8, 4) is 0 Å². The molecule has 2 N–H and O–H groups in total. The molecule has 0 radical (unpaired) electrons. The molecule has 3 nitrogen and oxygen atoms in total. The Kier molecular flexibility index (Phi) is 6.89. The molecule has 0 unspecified atom stereocenters. The first-order valence-corrected chi connectivity index (χ1v) is 4.98. The average molecular weight is 207 g/mol. The Balaban J connectivity index is 0.000000336. The fourth-order valence-electron chi connectivity index (χ4n) is 0.828. The summed E-state index contributed by atoms with van der Waals surface area (Å²) in [6, 6.07) is 9.34. The Labute approximate surface area is 90.3 Å². The van der Waals surface area contributed by atoms with Crippen LogP contribution in [0.2, 0.25) is 0 Å². The SMILES string of the molecule is CCC(=O)c1ccccc1.CCC(N)=O. The predicted octanol–water partition coefficient (Wildman–Crippen LogP) is 2.16. The predicted molar refractivity (Wildman–Crippen MR) is 60.5 cm³/mol. The third-order valence-electron chi connectivity index (χ3n) is 1.77. The van der Waals surface area contributed by atoms with Crippen LogP contribution >= 0.6 is 0 Å². The van der Waals surface area contributed by atoms with Gasteiger partial charge in [0.2, 0.25) is 5.91 Å². The molecule has 0 saturated heterocycles. The van der Waals surface area contributed by atoms with Crippen molar-refractivity contribution in [1.29, 1.82) is 0 Å². The van der Waals surface area contributed by atoms with Crippen LogP contribution in [0.5, 0.6) is 0 Å². The van der Waals surface area contributed by atoms with E-state index in [2.05, 4.69) is 5.73 Å². The van der Waals surface area contributed by atoms with Crippen LogP contribution in [0.15, 0.2) is 30.3 Å². The number of Topliss-reactive ketones (excluding diaryl/α,β-unsaturated/α-hetero) is 1. The summed E-state index contributed by atoms with van der Waals surface area (Å²) < 4.78 is 0. The number of hydrogen-bond donors (Lipinski definition) is 1. The molecule has 1 aromatic rings. The number of rotatable bonds is 3. The average Bonchev–Trinajstić information content (AvgIpc) is 2.30. The second-order valence-electron chi connectivity index (χ2n) is 2.96. The first kappa shape index (κ1) is 13.4. The van der Waals surface area contributed by atoms with Crippen LogP contribution in [0.1, 0.15) is 37.0 Å². The molecule has 0 atom stereocenters. The van der Waals surface area contributed by atoms with Crippen LogP contribution in [-0.2, 0) is 4.79 Å². The first-order valence-electron chi connectivity index (χ1n) is 4.98. The van der Waals surface area contributed by atoms with E-state index in [1.54, 1.807) is 6.92 Å². The minimum Gasteiger partial charge on any atom is -0.370 e. The summed E-state index contributed by atoms with van der Waals surface area (Å²) in [6.07, 6.45) is 1.03. The van der Waals surface area contributed by atoms with Crippen LogP contribution in [0.25, 0.3) is 0 Å². The molecule has 1 amide bonds. The van der Waals surface area contributed by atoms with E-state index in [0.29, 0.717) is 12.8 Å². The van der Waals surface area contributed by atoms with Gasteiger partial charge < -0.3 is 5.73 Å². The number of amides is 1. The Morgan fingerprint density at radius 3 is 1.87 bits per heavy atom. The van der Waals surface area contributed by atoms with Gasteiger partial charge in [0.25, 0.3) is 0 Å². The van der Waals surface area contributed by atoms with Gasteiger partial charge in [-0.15, -0.1) is 0 Å². The van der Waals surface area contributed by atoms with E-state index in [4.69, 9.17) is 0 Å². The zero-order chi connectivity index (χ0) is 11.7. The second kappa shape index (κ2) is 7.74. The summed E-state index contributed by atoms with van der Waals surface area (Å²) in [4.78, 5) is 20.6. The molecule has 0 bridgehead atoms. The minimum absolute atomic E-state index is 0.209. The molecule has 82 valence electrons. The number of carbonyl (C=O) groups excluding carboxylic acids is 2. The fourth-order valence-corrected chi connectivity index (χ4v) is 0.828. The van der Waals surface area contributed by atoms with Crippen LogP contribution in [0.4, 0.5) is 0 Å². The van der Waals surface area contributed by atoms with Gasteiger partial charge in [0.05, 0.1) is 0 Å². The van der Waals surface area contributed by atoms with Crippen molar-refractivity contribution >= 4 is 11.7 Å². The topological polar surface area (TPSA) is 60.2 Å². The molecule has 0 aliphatic rings. The molecule has 0 saturated carbocycles. The highest BCUT2D eigenvalue weighted by atomic mass is 16.1. The first-order chi connectivity index (χ1) is 7.11. The molecule has 1 rings (SSSR count). The number of carbonyl (C=O) groups is 2. The molecule has 0 fully saturated rings. The maximum atomic E-state index is 11.0. The van der Waals surface area contributed by atoms with Gasteiger partial charge >= 0.3 is 0 Å². The molecule has 0 spiro atoms. The lowest BCUT2D eigenvalue weighted by atomic mass is 10.1. The van der Waals surface area contributed by atoms with Crippen LogP contribution in [0.3, 0.4) is 0 Å². The van der Waals surface area contributed by atoms with E-state index in [1.807, 2.05) is 37.3 Å². The molecule has 15 heavy (non-hydrogen) atoms. The van der Waals surface area contributed by atoms with Crippen LogP contribution in [0, 0.1) is 0 Å². The highest BCUT2D eigenvalue weighted by Crippen LogP contribution is 2.01. The van der Waals surface area contributed by atoms with E-state index < -0.39 is 0 Å². The summed E-state index contributed by atoms with van der Waals surface area (Å²) in [7, 11) is 0. The van der Waals surface area contributed by atoms with Crippen molar-refractivity contribution in [2.75, 3.05) is 0 Å². The Morgan fingerprint density at radius 1 is 1.07 bits per heavy atom. The molecule has 3 heteroatoms. The molecule has 0 heterocycles. The normalized spacial score (nSPS) is 8.67. The number of ketones is 1. The molecule has 0 aliphatic carbocycles. The summed E-state index contributed by atoms with van der Waals surface area (Å²) in [5.74, 6) is -0.0365. The number of hydrogen-bond acceptors (Lipinski definition) is 2. The zero-order valence-electron chi connectivity index (χ0n) is 9.19. The number of benzene rings is 1. The van der Waals surface area contributed by atoms with Crippen LogP contribution in [-0.4, -0.2) is 11.7 Å². The third-order valence-corrected chi connectivity index (χ3v) is 1.77. The van der Waals surface area contributed by atoms with E-state index in [9.17, 15) is 9.59 Å². The lowest BCUT2D eigenvalue weighted by Crippen LogP contribution is -2.06.